The van der Waals surface area contributed by atoms with Crippen LogP contribution in [0.5, 0.6) is 0 Å². The third-order valence-electron chi connectivity index (χ3n) is 3.92. The zero-order valence-corrected chi connectivity index (χ0v) is 14.8. The molecule has 136 valence electrons. The van der Waals surface area contributed by atoms with Crippen LogP contribution in [-0.4, -0.2) is 26.1 Å². The molecule has 0 saturated heterocycles. The van der Waals surface area contributed by atoms with Gasteiger partial charge in [0.25, 0.3) is 0 Å². The Hall–Kier alpha value is -2.91. The molecule has 0 bridgehead atoms. The second-order valence-corrected chi connectivity index (χ2v) is 7.26. The van der Waals surface area contributed by atoms with Crippen LogP contribution in [0.3, 0.4) is 0 Å². The van der Waals surface area contributed by atoms with Crippen molar-refractivity contribution in [1.82, 2.24) is 9.29 Å². The number of ether oxygens (including phenoxy) is 1. The fraction of sp³-hybridized carbons (Fsp3) is 0.176. The quantitative estimate of drug-likeness (QED) is 0.673. The molecule has 8 nitrogen and oxygen atoms in total. The number of nitrogens with zero attached hydrogens (tertiary/aromatic N) is 1. The van der Waals surface area contributed by atoms with Gasteiger partial charge in [0.05, 0.1) is 17.5 Å². The summed E-state index contributed by atoms with van der Waals surface area (Å²) in [6.07, 6.45) is 0. The van der Waals surface area contributed by atoms with Crippen LogP contribution in [0.15, 0.2) is 62.6 Å². The van der Waals surface area contributed by atoms with Crippen LogP contribution in [0.1, 0.15) is 11.6 Å². The highest BCUT2D eigenvalue weighted by Crippen LogP contribution is 2.21. The number of nitrogens with one attached hydrogen (secondary N) is 1. The lowest BCUT2D eigenvalue weighted by atomic mass is 10.1. The molecule has 0 spiro atoms. The first-order valence-corrected chi connectivity index (χ1v) is 9.06. The number of hydrogen-bond donors (Lipinski definition) is 1. The molecule has 0 fully saturated rings. The van der Waals surface area contributed by atoms with Crippen LogP contribution >= 0.6 is 0 Å². The van der Waals surface area contributed by atoms with E-state index in [0.717, 1.165) is 0 Å². The van der Waals surface area contributed by atoms with Crippen LogP contribution in [0.4, 0.5) is 0 Å². The predicted octanol–water partition coefficient (Wildman–Crippen LogP) is 1.32. The van der Waals surface area contributed by atoms with Gasteiger partial charge < -0.3 is 9.15 Å². The van der Waals surface area contributed by atoms with Crippen molar-refractivity contribution < 1.29 is 22.4 Å². The van der Waals surface area contributed by atoms with E-state index in [0.29, 0.717) is 11.1 Å². The summed E-state index contributed by atoms with van der Waals surface area (Å²) >= 11 is 0. The van der Waals surface area contributed by atoms with Crippen LogP contribution in [-0.2, 0) is 26.6 Å². The molecule has 0 radical (unpaired) electrons. The first-order valence-electron chi connectivity index (χ1n) is 7.58. The second kappa shape index (κ2) is 6.77. The number of rotatable bonds is 5. The molecule has 0 aliphatic rings. The Morgan fingerprint density at radius 2 is 1.88 bits per heavy atom. The van der Waals surface area contributed by atoms with Gasteiger partial charge in [-0.1, -0.05) is 30.3 Å². The number of esters is 1. The third kappa shape index (κ3) is 3.26. The van der Waals surface area contributed by atoms with E-state index in [1.165, 1.54) is 36.9 Å². The van der Waals surface area contributed by atoms with Gasteiger partial charge in [-0.25, -0.2) is 18.0 Å². The summed E-state index contributed by atoms with van der Waals surface area (Å²) in [7, 11) is -1.38. The standard InChI is InChI=1S/C17H16N2O6S/c1-19-13-9-8-12(10-14(13)25-17(19)21)26(22,23)18-15(16(20)24-2)11-6-4-3-5-7-11/h3-10,15,18H,1-2H3. The summed E-state index contributed by atoms with van der Waals surface area (Å²) in [5.74, 6) is -1.34. The Morgan fingerprint density at radius 3 is 2.54 bits per heavy atom. The zero-order chi connectivity index (χ0) is 18.9. The number of aromatic nitrogens is 1. The Labute approximate surface area is 149 Å². The molecule has 1 aromatic heterocycles. The van der Waals surface area contributed by atoms with Gasteiger partial charge in [0.1, 0.15) is 6.04 Å². The van der Waals surface area contributed by atoms with E-state index in [1.807, 2.05) is 0 Å². The van der Waals surface area contributed by atoms with E-state index in [1.54, 1.807) is 30.3 Å². The second-order valence-electron chi connectivity index (χ2n) is 5.54. The van der Waals surface area contributed by atoms with Crippen molar-refractivity contribution in [2.45, 2.75) is 10.9 Å². The molecule has 1 unspecified atom stereocenters. The smallest absolute Gasteiger partial charge is 0.419 e. The summed E-state index contributed by atoms with van der Waals surface area (Å²) < 4.78 is 38.8. The minimum Gasteiger partial charge on any atom is -0.468 e. The number of aryl methyl sites for hydroxylation is 1. The van der Waals surface area contributed by atoms with Crippen LogP contribution in [0, 0.1) is 0 Å². The van der Waals surface area contributed by atoms with Crippen LogP contribution in [0.25, 0.3) is 11.1 Å². The fourth-order valence-electron chi connectivity index (χ4n) is 2.52. The molecule has 2 aromatic carbocycles. The number of hydrogen-bond acceptors (Lipinski definition) is 6. The van der Waals surface area contributed by atoms with Crippen molar-refractivity contribution in [3.05, 3.63) is 64.6 Å². The SMILES string of the molecule is COC(=O)C(NS(=O)(=O)c1ccc2c(c1)oc(=O)n2C)c1ccccc1. The van der Waals surface area contributed by atoms with Crippen LogP contribution < -0.4 is 10.5 Å². The highest BCUT2D eigenvalue weighted by molar-refractivity contribution is 7.89. The highest BCUT2D eigenvalue weighted by Gasteiger charge is 2.28. The van der Waals surface area contributed by atoms with Crippen molar-refractivity contribution in [2.75, 3.05) is 7.11 Å². The summed E-state index contributed by atoms with van der Waals surface area (Å²) in [5, 5.41) is 0. The number of carbonyl (C=O) groups is 1. The molecule has 0 aliphatic carbocycles. The van der Waals surface area contributed by atoms with E-state index in [2.05, 4.69) is 4.72 Å². The van der Waals surface area contributed by atoms with Crippen molar-refractivity contribution in [3.63, 3.8) is 0 Å². The lowest BCUT2D eigenvalue weighted by molar-refractivity contribution is -0.142. The predicted molar refractivity (Wildman–Crippen MR) is 93.0 cm³/mol. The molecule has 1 heterocycles. The maximum absolute atomic E-state index is 12.7. The van der Waals surface area contributed by atoms with Gasteiger partial charge in [0.2, 0.25) is 10.0 Å². The van der Waals surface area contributed by atoms with Crippen molar-refractivity contribution in [3.8, 4) is 0 Å². The topological polar surface area (TPSA) is 108 Å². The maximum Gasteiger partial charge on any atom is 0.419 e. The Balaban J connectivity index is 2.01. The van der Waals surface area contributed by atoms with E-state index < -0.39 is 27.8 Å². The van der Waals surface area contributed by atoms with Crippen molar-refractivity contribution in [2.24, 2.45) is 7.05 Å². The van der Waals surface area contributed by atoms with E-state index in [9.17, 15) is 18.0 Å². The molecule has 1 N–H and O–H groups in total. The maximum atomic E-state index is 12.7. The van der Waals surface area contributed by atoms with Crippen molar-refractivity contribution >= 4 is 27.1 Å². The normalized spacial score (nSPS) is 12.8. The van der Waals surface area contributed by atoms with E-state index >= 15 is 0 Å². The average molecular weight is 376 g/mol. The molecular weight excluding hydrogens is 360 g/mol. The van der Waals surface area contributed by atoms with Gasteiger partial charge in [-0.2, -0.15) is 4.72 Å². The summed E-state index contributed by atoms with van der Waals surface area (Å²) in [6.45, 7) is 0. The Kier molecular flexibility index (Phi) is 4.66. The number of oxazole rings is 1. The largest absolute Gasteiger partial charge is 0.468 e. The number of benzene rings is 2. The highest BCUT2D eigenvalue weighted by atomic mass is 32.2. The third-order valence-corrected chi connectivity index (χ3v) is 5.34. The molecule has 0 aliphatic heterocycles. The molecule has 3 rings (SSSR count). The van der Waals surface area contributed by atoms with Gasteiger partial charge in [-0.15, -0.1) is 0 Å². The minimum absolute atomic E-state index is 0.134. The Bertz CT molecular complexity index is 1120. The molecule has 1 atom stereocenters. The number of fused-ring (bicyclic) bond motifs is 1. The lowest BCUT2D eigenvalue weighted by Crippen LogP contribution is -2.34. The fourth-order valence-corrected chi connectivity index (χ4v) is 3.71. The summed E-state index contributed by atoms with van der Waals surface area (Å²) in [5.41, 5.74) is 1.03. The minimum atomic E-state index is -4.08. The lowest BCUT2D eigenvalue weighted by Gasteiger charge is -2.17. The van der Waals surface area contributed by atoms with Gasteiger partial charge >= 0.3 is 11.7 Å². The van der Waals surface area contributed by atoms with Crippen LogP contribution in [0.2, 0.25) is 0 Å². The van der Waals surface area contributed by atoms with Crippen molar-refractivity contribution in [1.29, 1.82) is 0 Å². The van der Waals surface area contributed by atoms with Gasteiger partial charge in [0, 0.05) is 13.1 Å². The van der Waals surface area contributed by atoms with E-state index in [4.69, 9.17) is 9.15 Å². The monoisotopic (exact) mass is 376 g/mol. The number of methoxy groups -OCH3 is 1. The Morgan fingerprint density at radius 1 is 1.19 bits per heavy atom. The summed E-state index contributed by atoms with van der Waals surface area (Å²) in [6, 6.07) is 11.2. The molecule has 3 aromatic rings. The van der Waals surface area contributed by atoms with Gasteiger partial charge in [-0.05, 0) is 17.7 Å². The molecule has 0 saturated carbocycles. The summed E-state index contributed by atoms with van der Waals surface area (Å²) in [4.78, 5) is 23.5. The number of sulfonamides is 1. The number of carbonyl (C=O) groups excluding carboxylic acids is 1. The van der Waals surface area contributed by atoms with E-state index in [-0.39, 0.29) is 10.5 Å². The van der Waals surface area contributed by atoms with Gasteiger partial charge in [0.15, 0.2) is 5.58 Å². The molecule has 9 heteroatoms. The average Bonchev–Trinajstić information content (AvgIpc) is 2.93. The van der Waals surface area contributed by atoms with Gasteiger partial charge in [-0.3, -0.25) is 4.57 Å². The first kappa shape index (κ1) is 17.9. The molecule has 26 heavy (non-hydrogen) atoms. The zero-order valence-electron chi connectivity index (χ0n) is 14.0. The first-order chi connectivity index (χ1) is 12.3. The molecular formula is C17H16N2O6S. The molecule has 0 amide bonds.